The van der Waals surface area contributed by atoms with Gasteiger partial charge in [0, 0.05) is 12.6 Å². The second kappa shape index (κ2) is 7.64. The van der Waals surface area contributed by atoms with Crippen LogP contribution in [0.5, 0.6) is 11.5 Å². The third kappa shape index (κ3) is 4.18. The van der Waals surface area contributed by atoms with Crippen molar-refractivity contribution in [3.05, 3.63) is 22.2 Å². The van der Waals surface area contributed by atoms with Crippen LogP contribution in [0.3, 0.4) is 0 Å². The van der Waals surface area contributed by atoms with Crippen molar-refractivity contribution in [2.45, 2.75) is 39.8 Å². The van der Waals surface area contributed by atoms with Crippen molar-refractivity contribution < 1.29 is 9.47 Å². The van der Waals surface area contributed by atoms with Crippen molar-refractivity contribution in [1.82, 2.24) is 5.32 Å². The maximum atomic E-state index is 5.57. The summed E-state index contributed by atoms with van der Waals surface area (Å²) in [6.45, 7) is 7.77. The Morgan fingerprint density at radius 3 is 2.61 bits per heavy atom. The molecule has 1 atom stereocenters. The lowest BCUT2D eigenvalue weighted by molar-refractivity contribution is 0.308. The lowest BCUT2D eigenvalue weighted by Gasteiger charge is -2.15. The van der Waals surface area contributed by atoms with E-state index in [-0.39, 0.29) is 0 Å². The fourth-order valence-corrected chi connectivity index (χ4v) is 2.20. The first-order chi connectivity index (χ1) is 8.62. The number of rotatable bonds is 7. The standard InChI is InChI=1S/C14H22BrNO2/c1-5-10(3)16-9-11-7-12(15)14(18-6-2)13(8-11)17-4/h7-8,10,16H,5-6,9H2,1-4H3/t10-/m0/s1. The molecule has 3 nitrogen and oxygen atoms in total. The number of halogens is 1. The molecule has 0 spiro atoms. The van der Waals surface area contributed by atoms with E-state index in [1.165, 1.54) is 5.56 Å². The summed E-state index contributed by atoms with van der Waals surface area (Å²) in [5.41, 5.74) is 1.18. The Morgan fingerprint density at radius 1 is 1.33 bits per heavy atom. The highest BCUT2D eigenvalue weighted by atomic mass is 79.9. The molecule has 1 N–H and O–H groups in total. The summed E-state index contributed by atoms with van der Waals surface area (Å²) >= 11 is 3.53. The Balaban J connectivity index is 2.85. The van der Waals surface area contributed by atoms with E-state index in [1.54, 1.807) is 7.11 Å². The number of hydrogen-bond donors (Lipinski definition) is 1. The molecule has 1 aromatic carbocycles. The molecule has 0 unspecified atom stereocenters. The van der Waals surface area contributed by atoms with E-state index in [4.69, 9.17) is 9.47 Å². The van der Waals surface area contributed by atoms with Gasteiger partial charge in [-0.3, -0.25) is 0 Å². The summed E-state index contributed by atoms with van der Waals surface area (Å²) in [5.74, 6) is 1.54. The summed E-state index contributed by atoms with van der Waals surface area (Å²) in [6, 6.07) is 4.61. The Bertz CT molecular complexity index is 382. The molecule has 0 bridgehead atoms. The number of methoxy groups -OCH3 is 1. The highest BCUT2D eigenvalue weighted by molar-refractivity contribution is 9.10. The van der Waals surface area contributed by atoms with Crippen LogP contribution in [0.1, 0.15) is 32.8 Å². The molecule has 0 fully saturated rings. The van der Waals surface area contributed by atoms with E-state index >= 15 is 0 Å². The maximum absolute atomic E-state index is 5.57. The van der Waals surface area contributed by atoms with Crippen LogP contribution in [0.15, 0.2) is 16.6 Å². The van der Waals surface area contributed by atoms with Crippen LogP contribution in [-0.2, 0) is 6.54 Å². The third-order valence-corrected chi connectivity index (χ3v) is 3.43. The molecule has 0 aliphatic carbocycles. The van der Waals surface area contributed by atoms with E-state index in [1.807, 2.05) is 13.0 Å². The van der Waals surface area contributed by atoms with Crippen LogP contribution in [0.2, 0.25) is 0 Å². The minimum Gasteiger partial charge on any atom is -0.493 e. The van der Waals surface area contributed by atoms with Gasteiger partial charge in [0.2, 0.25) is 0 Å². The highest BCUT2D eigenvalue weighted by Crippen LogP contribution is 2.36. The topological polar surface area (TPSA) is 30.5 Å². The smallest absolute Gasteiger partial charge is 0.175 e. The van der Waals surface area contributed by atoms with E-state index < -0.39 is 0 Å². The first kappa shape index (κ1) is 15.3. The van der Waals surface area contributed by atoms with Crippen molar-refractivity contribution in [3.8, 4) is 11.5 Å². The van der Waals surface area contributed by atoms with E-state index in [0.29, 0.717) is 12.6 Å². The average molecular weight is 316 g/mol. The minimum atomic E-state index is 0.515. The van der Waals surface area contributed by atoms with Gasteiger partial charge in [-0.1, -0.05) is 6.92 Å². The fraction of sp³-hybridized carbons (Fsp3) is 0.571. The van der Waals surface area contributed by atoms with Crippen molar-refractivity contribution in [3.63, 3.8) is 0 Å². The lowest BCUT2D eigenvalue weighted by atomic mass is 10.1. The summed E-state index contributed by atoms with van der Waals surface area (Å²) in [6.07, 6.45) is 1.12. The van der Waals surface area contributed by atoms with Crippen LogP contribution < -0.4 is 14.8 Å². The molecule has 18 heavy (non-hydrogen) atoms. The Hall–Kier alpha value is -0.740. The molecule has 0 aromatic heterocycles. The van der Waals surface area contributed by atoms with Crippen molar-refractivity contribution in [2.75, 3.05) is 13.7 Å². The van der Waals surface area contributed by atoms with E-state index in [2.05, 4.69) is 41.2 Å². The first-order valence-corrected chi connectivity index (χ1v) is 7.14. The molecular formula is C14H22BrNO2. The van der Waals surface area contributed by atoms with Gasteiger partial charge in [-0.25, -0.2) is 0 Å². The Labute approximate surface area is 118 Å². The molecule has 0 saturated heterocycles. The molecule has 102 valence electrons. The van der Waals surface area contributed by atoms with Gasteiger partial charge in [0.15, 0.2) is 11.5 Å². The first-order valence-electron chi connectivity index (χ1n) is 6.34. The SMILES string of the molecule is CCOc1c(Br)cc(CN[C@@H](C)CC)cc1OC. The van der Waals surface area contributed by atoms with Crippen LogP contribution in [0, 0.1) is 0 Å². The van der Waals surface area contributed by atoms with E-state index in [9.17, 15) is 0 Å². The van der Waals surface area contributed by atoms with Gasteiger partial charge in [0.25, 0.3) is 0 Å². The Morgan fingerprint density at radius 2 is 2.06 bits per heavy atom. The molecule has 0 saturated carbocycles. The van der Waals surface area contributed by atoms with Gasteiger partial charge in [0.1, 0.15) is 0 Å². The quantitative estimate of drug-likeness (QED) is 0.831. The molecule has 0 aliphatic rings. The van der Waals surface area contributed by atoms with Crippen LogP contribution in [0.25, 0.3) is 0 Å². The largest absolute Gasteiger partial charge is 0.493 e. The van der Waals surface area contributed by atoms with Crippen LogP contribution in [0.4, 0.5) is 0 Å². The number of benzene rings is 1. The molecule has 1 aromatic rings. The van der Waals surface area contributed by atoms with Crippen molar-refractivity contribution in [2.24, 2.45) is 0 Å². The minimum absolute atomic E-state index is 0.515. The third-order valence-electron chi connectivity index (χ3n) is 2.84. The number of hydrogen-bond acceptors (Lipinski definition) is 3. The summed E-state index contributed by atoms with van der Waals surface area (Å²) in [7, 11) is 1.66. The van der Waals surface area contributed by atoms with Gasteiger partial charge in [-0.15, -0.1) is 0 Å². The van der Waals surface area contributed by atoms with Gasteiger partial charge < -0.3 is 14.8 Å². The molecular weight excluding hydrogens is 294 g/mol. The highest BCUT2D eigenvalue weighted by Gasteiger charge is 2.11. The molecule has 0 amide bonds. The molecule has 1 rings (SSSR count). The zero-order valence-corrected chi connectivity index (χ0v) is 13.1. The van der Waals surface area contributed by atoms with Gasteiger partial charge in [0.05, 0.1) is 18.2 Å². The van der Waals surface area contributed by atoms with Gasteiger partial charge in [-0.05, 0) is 53.9 Å². The molecule has 0 radical (unpaired) electrons. The van der Waals surface area contributed by atoms with Crippen LogP contribution >= 0.6 is 15.9 Å². The molecule has 0 heterocycles. The van der Waals surface area contributed by atoms with Gasteiger partial charge >= 0.3 is 0 Å². The summed E-state index contributed by atoms with van der Waals surface area (Å²) < 4.78 is 11.9. The predicted octanol–water partition coefficient (Wildman–Crippen LogP) is 3.74. The summed E-state index contributed by atoms with van der Waals surface area (Å²) in [5, 5.41) is 3.46. The monoisotopic (exact) mass is 315 g/mol. The second-order valence-corrected chi connectivity index (χ2v) is 5.09. The zero-order chi connectivity index (χ0) is 13.5. The van der Waals surface area contributed by atoms with Crippen molar-refractivity contribution >= 4 is 15.9 Å². The summed E-state index contributed by atoms with van der Waals surface area (Å²) in [4.78, 5) is 0. The zero-order valence-electron chi connectivity index (χ0n) is 11.5. The normalized spacial score (nSPS) is 12.3. The molecule has 0 aliphatic heterocycles. The maximum Gasteiger partial charge on any atom is 0.175 e. The lowest BCUT2D eigenvalue weighted by Crippen LogP contribution is -2.24. The van der Waals surface area contributed by atoms with Crippen LogP contribution in [-0.4, -0.2) is 19.8 Å². The van der Waals surface area contributed by atoms with E-state index in [0.717, 1.165) is 28.9 Å². The second-order valence-electron chi connectivity index (χ2n) is 4.23. The average Bonchev–Trinajstić information content (AvgIpc) is 2.38. The molecule has 4 heteroatoms. The Kier molecular flexibility index (Phi) is 6.50. The van der Waals surface area contributed by atoms with Crippen molar-refractivity contribution in [1.29, 1.82) is 0 Å². The number of ether oxygens (including phenoxy) is 2. The van der Waals surface area contributed by atoms with Gasteiger partial charge in [-0.2, -0.15) is 0 Å². The fourth-order valence-electron chi connectivity index (χ4n) is 1.60. The number of nitrogens with one attached hydrogen (secondary N) is 1. The predicted molar refractivity (Wildman–Crippen MR) is 78.5 cm³/mol.